The molecule has 0 spiro atoms. The lowest BCUT2D eigenvalue weighted by Crippen LogP contribution is -2.11. The minimum Gasteiger partial charge on any atom is -0.480 e. The van der Waals surface area contributed by atoms with Gasteiger partial charge in [0.2, 0.25) is 0 Å². The molecule has 16 heavy (non-hydrogen) atoms. The van der Waals surface area contributed by atoms with E-state index in [1.165, 1.54) is 6.07 Å². The molecule has 1 aromatic rings. The van der Waals surface area contributed by atoms with Gasteiger partial charge in [-0.25, -0.2) is 9.18 Å². The summed E-state index contributed by atoms with van der Waals surface area (Å²) in [4.78, 5) is 10.1. The summed E-state index contributed by atoms with van der Waals surface area (Å²) in [7, 11) is 0. The third kappa shape index (κ3) is 4.86. The molecule has 0 saturated heterocycles. The van der Waals surface area contributed by atoms with Gasteiger partial charge in [0.15, 0.2) is 0 Å². The van der Waals surface area contributed by atoms with Crippen molar-refractivity contribution in [2.75, 3.05) is 19.8 Å². The molecule has 5 heteroatoms. The molecule has 0 aliphatic rings. The highest BCUT2D eigenvalue weighted by Gasteiger charge is 2.00. The normalized spacial score (nSPS) is 10.3. The van der Waals surface area contributed by atoms with E-state index in [4.69, 9.17) is 14.6 Å². The first-order valence-corrected chi connectivity index (χ1v) is 4.81. The molecular formula is C11H13FO4. The van der Waals surface area contributed by atoms with Gasteiger partial charge >= 0.3 is 5.97 Å². The summed E-state index contributed by atoms with van der Waals surface area (Å²) >= 11 is 0. The zero-order valence-electron chi connectivity index (χ0n) is 8.69. The van der Waals surface area contributed by atoms with E-state index in [0.29, 0.717) is 5.56 Å². The molecule has 0 amide bonds. The van der Waals surface area contributed by atoms with Crippen molar-refractivity contribution in [3.8, 4) is 0 Å². The van der Waals surface area contributed by atoms with Gasteiger partial charge in [0.1, 0.15) is 12.4 Å². The van der Waals surface area contributed by atoms with E-state index in [-0.39, 0.29) is 32.2 Å². The maximum atomic E-state index is 13.1. The van der Waals surface area contributed by atoms with Gasteiger partial charge in [-0.2, -0.15) is 0 Å². The fourth-order valence-electron chi connectivity index (χ4n) is 1.07. The zero-order valence-corrected chi connectivity index (χ0v) is 8.69. The Kier molecular flexibility index (Phi) is 5.45. The Hall–Kier alpha value is -1.46. The van der Waals surface area contributed by atoms with Crippen molar-refractivity contribution in [3.63, 3.8) is 0 Å². The zero-order chi connectivity index (χ0) is 11.8. The minimum atomic E-state index is -1.02. The van der Waals surface area contributed by atoms with Gasteiger partial charge in [-0.1, -0.05) is 18.2 Å². The number of aliphatic carboxylic acids is 1. The molecule has 1 aromatic carbocycles. The molecule has 0 aliphatic heterocycles. The molecule has 0 aliphatic carbocycles. The predicted octanol–water partition coefficient (Wildman–Crippen LogP) is 1.44. The maximum Gasteiger partial charge on any atom is 0.329 e. The molecule has 1 N–H and O–H groups in total. The fraction of sp³-hybridized carbons (Fsp3) is 0.364. The van der Waals surface area contributed by atoms with Gasteiger partial charge < -0.3 is 14.6 Å². The molecule has 0 bridgehead atoms. The van der Waals surface area contributed by atoms with E-state index in [9.17, 15) is 9.18 Å². The maximum absolute atomic E-state index is 13.1. The Morgan fingerprint density at radius 1 is 1.25 bits per heavy atom. The third-order valence-corrected chi connectivity index (χ3v) is 1.81. The number of halogens is 1. The van der Waals surface area contributed by atoms with Crippen LogP contribution in [0, 0.1) is 5.82 Å². The van der Waals surface area contributed by atoms with Crippen LogP contribution in [-0.2, 0) is 20.9 Å². The van der Waals surface area contributed by atoms with Gasteiger partial charge in [0.25, 0.3) is 0 Å². The summed E-state index contributed by atoms with van der Waals surface area (Å²) in [5.41, 5.74) is 0.473. The SMILES string of the molecule is O=C(O)COCCOCc1ccccc1F. The van der Waals surface area contributed by atoms with E-state index in [0.717, 1.165) is 0 Å². The lowest BCUT2D eigenvalue weighted by Gasteiger charge is -2.05. The van der Waals surface area contributed by atoms with Crippen LogP contribution in [0.5, 0.6) is 0 Å². The molecule has 0 heterocycles. The van der Waals surface area contributed by atoms with Crippen LogP contribution >= 0.6 is 0 Å². The summed E-state index contributed by atoms with van der Waals surface area (Å²) in [6, 6.07) is 6.32. The lowest BCUT2D eigenvalue weighted by molar-refractivity contribution is -0.142. The quantitative estimate of drug-likeness (QED) is 0.717. The first-order valence-electron chi connectivity index (χ1n) is 4.81. The lowest BCUT2D eigenvalue weighted by atomic mass is 10.2. The Balaban J connectivity index is 2.12. The summed E-state index contributed by atoms with van der Waals surface area (Å²) < 4.78 is 23.0. The van der Waals surface area contributed by atoms with Crippen molar-refractivity contribution in [3.05, 3.63) is 35.6 Å². The second-order valence-corrected chi connectivity index (χ2v) is 3.09. The van der Waals surface area contributed by atoms with Crippen molar-refractivity contribution < 1.29 is 23.8 Å². The molecular weight excluding hydrogens is 215 g/mol. The highest BCUT2D eigenvalue weighted by molar-refractivity contribution is 5.67. The van der Waals surface area contributed by atoms with E-state index < -0.39 is 5.97 Å². The van der Waals surface area contributed by atoms with Crippen LogP contribution in [0.3, 0.4) is 0 Å². The molecule has 4 nitrogen and oxygen atoms in total. The molecule has 1 rings (SSSR count). The van der Waals surface area contributed by atoms with Crippen LogP contribution in [0.1, 0.15) is 5.56 Å². The smallest absolute Gasteiger partial charge is 0.329 e. The minimum absolute atomic E-state index is 0.156. The van der Waals surface area contributed by atoms with E-state index >= 15 is 0 Å². The van der Waals surface area contributed by atoms with Crippen LogP contribution < -0.4 is 0 Å². The molecule has 0 radical (unpaired) electrons. The standard InChI is InChI=1S/C11H13FO4/c12-10-4-2-1-3-9(10)7-15-5-6-16-8-11(13)14/h1-4H,5-8H2,(H,13,14). The summed E-state index contributed by atoms with van der Waals surface area (Å²) in [6.07, 6.45) is 0. The number of ether oxygens (including phenoxy) is 2. The Labute approximate surface area is 92.6 Å². The Bertz CT molecular complexity index is 341. The van der Waals surface area contributed by atoms with E-state index in [2.05, 4.69) is 0 Å². The third-order valence-electron chi connectivity index (χ3n) is 1.81. The highest BCUT2D eigenvalue weighted by Crippen LogP contribution is 2.07. The van der Waals surface area contributed by atoms with Crippen LogP contribution in [-0.4, -0.2) is 30.9 Å². The van der Waals surface area contributed by atoms with Crippen molar-refractivity contribution in [1.82, 2.24) is 0 Å². The number of benzene rings is 1. The number of hydrogen-bond donors (Lipinski definition) is 1. The number of carbonyl (C=O) groups is 1. The summed E-state index contributed by atoms with van der Waals surface area (Å²) in [5.74, 6) is -1.33. The number of carboxylic acids is 1. The largest absolute Gasteiger partial charge is 0.480 e. The van der Waals surface area contributed by atoms with Crippen molar-refractivity contribution in [2.45, 2.75) is 6.61 Å². The van der Waals surface area contributed by atoms with Gasteiger partial charge in [0, 0.05) is 5.56 Å². The number of hydrogen-bond acceptors (Lipinski definition) is 3. The molecule has 88 valence electrons. The van der Waals surface area contributed by atoms with Crippen LogP contribution in [0.4, 0.5) is 4.39 Å². The average molecular weight is 228 g/mol. The van der Waals surface area contributed by atoms with Gasteiger partial charge in [-0.15, -0.1) is 0 Å². The number of carboxylic acid groups (broad SMARTS) is 1. The second-order valence-electron chi connectivity index (χ2n) is 3.09. The van der Waals surface area contributed by atoms with Gasteiger partial charge in [0.05, 0.1) is 19.8 Å². The molecule has 0 unspecified atom stereocenters. The van der Waals surface area contributed by atoms with Crippen molar-refractivity contribution in [1.29, 1.82) is 0 Å². The summed E-state index contributed by atoms with van der Waals surface area (Å²) in [6.45, 7) is 0.231. The highest BCUT2D eigenvalue weighted by atomic mass is 19.1. The topological polar surface area (TPSA) is 55.8 Å². The Morgan fingerprint density at radius 3 is 2.62 bits per heavy atom. The second kappa shape index (κ2) is 6.92. The van der Waals surface area contributed by atoms with E-state index in [1.807, 2.05) is 0 Å². The fourth-order valence-corrected chi connectivity index (χ4v) is 1.07. The van der Waals surface area contributed by atoms with Crippen LogP contribution in [0.25, 0.3) is 0 Å². The number of rotatable bonds is 7. The van der Waals surface area contributed by atoms with Crippen LogP contribution in [0.15, 0.2) is 24.3 Å². The first-order chi connectivity index (χ1) is 7.70. The molecule has 0 saturated carbocycles. The average Bonchev–Trinajstić information content (AvgIpc) is 2.25. The Morgan fingerprint density at radius 2 is 1.94 bits per heavy atom. The first kappa shape index (κ1) is 12.6. The van der Waals surface area contributed by atoms with E-state index in [1.54, 1.807) is 18.2 Å². The predicted molar refractivity (Wildman–Crippen MR) is 54.5 cm³/mol. The monoisotopic (exact) mass is 228 g/mol. The van der Waals surface area contributed by atoms with Crippen molar-refractivity contribution in [2.24, 2.45) is 0 Å². The molecule has 0 fully saturated rings. The van der Waals surface area contributed by atoms with Gasteiger partial charge in [-0.05, 0) is 6.07 Å². The van der Waals surface area contributed by atoms with Crippen molar-refractivity contribution >= 4 is 5.97 Å². The molecule has 0 atom stereocenters. The van der Waals surface area contributed by atoms with Crippen LogP contribution in [0.2, 0.25) is 0 Å². The summed E-state index contributed by atoms with van der Waals surface area (Å²) in [5, 5.41) is 8.27. The van der Waals surface area contributed by atoms with Gasteiger partial charge in [-0.3, -0.25) is 0 Å². The molecule has 0 aromatic heterocycles.